The van der Waals surface area contributed by atoms with Crippen LogP contribution >= 0.6 is 11.6 Å². The second-order valence-electron chi connectivity index (χ2n) is 10.3. The predicted molar refractivity (Wildman–Crippen MR) is 138 cm³/mol. The molecule has 2 unspecified atom stereocenters. The lowest BCUT2D eigenvalue weighted by atomic mass is 9.75. The van der Waals surface area contributed by atoms with Crippen LogP contribution in [0.2, 0.25) is 5.02 Å². The highest BCUT2D eigenvalue weighted by molar-refractivity contribution is 6.30. The Balaban J connectivity index is 1.07. The molecular formula is C29H35ClN2O2. The summed E-state index contributed by atoms with van der Waals surface area (Å²) < 4.78 is 0. The molecule has 2 aromatic carbocycles. The van der Waals surface area contributed by atoms with Gasteiger partial charge in [-0.05, 0) is 80.0 Å². The van der Waals surface area contributed by atoms with Gasteiger partial charge in [-0.1, -0.05) is 36.2 Å². The van der Waals surface area contributed by atoms with E-state index in [0.29, 0.717) is 24.5 Å². The van der Waals surface area contributed by atoms with Gasteiger partial charge in [0, 0.05) is 61.2 Å². The number of hydrogen-bond donors (Lipinski definition) is 0. The van der Waals surface area contributed by atoms with E-state index in [-0.39, 0.29) is 11.7 Å². The average Bonchev–Trinajstić information content (AvgIpc) is 3.34. The van der Waals surface area contributed by atoms with Gasteiger partial charge >= 0.3 is 0 Å². The molecule has 2 atom stereocenters. The molecule has 0 aromatic heterocycles. The lowest BCUT2D eigenvalue weighted by Gasteiger charge is -2.37. The number of Topliss-reactive ketones (excluding diaryl/α,β-unsaturated/α-hetero) is 2. The maximum absolute atomic E-state index is 12.8. The highest BCUT2D eigenvalue weighted by Crippen LogP contribution is 2.45. The van der Waals surface area contributed by atoms with E-state index in [0.717, 1.165) is 81.0 Å². The van der Waals surface area contributed by atoms with Gasteiger partial charge in [-0.15, -0.1) is 0 Å². The molecule has 0 N–H and O–H groups in total. The van der Waals surface area contributed by atoms with Gasteiger partial charge in [0.1, 0.15) is 5.78 Å². The Bertz CT molecular complexity index is 1070. The van der Waals surface area contributed by atoms with Crippen LogP contribution in [0.5, 0.6) is 0 Å². The lowest BCUT2D eigenvalue weighted by molar-refractivity contribution is -0.123. The van der Waals surface area contributed by atoms with Gasteiger partial charge in [0.15, 0.2) is 5.78 Å². The number of rotatable bonds is 7. The Labute approximate surface area is 208 Å². The summed E-state index contributed by atoms with van der Waals surface area (Å²) in [6, 6.07) is 12.3. The smallest absolute Gasteiger partial charge is 0.162 e. The fourth-order valence-electron chi connectivity index (χ4n) is 6.23. The Hall–Kier alpha value is -2.17. The second kappa shape index (κ2) is 10.2. The lowest BCUT2D eigenvalue weighted by Crippen LogP contribution is -2.46. The molecule has 5 heteroatoms. The Kier molecular flexibility index (Phi) is 7.08. The number of carbonyl (C=O) groups excluding carboxylic acids is 2. The number of nitrogens with zero attached hydrogens (tertiary/aromatic N) is 2. The van der Waals surface area contributed by atoms with Crippen molar-refractivity contribution in [2.45, 2.75) is 57.8 Å². The third-order valence-electron chi connectivity index (χ3n) is 8.17. The SMILES string of the molecule is Cc1ccc(Cl)cc1N1CCN(CCCCC(=O)c2ccc3c(c2)CC(=O)C2CCCC32)CC1. The third-order valence-corrected chi connectivity index (χ3v) is 8.41. The van der Waals surface area contributed by atoms with E-state index in [9.17, 15) is 9.59 Å². The first-order chi connectivity index (χ1) is 16.5. The molecule has 3 aliphatic rings. The minimum atomic E-state index is 0.213. The number of ketones is 2. The van der Waals surface area contributed by atoms with Crippen LogP contribution in [0.4, 0.5) is 5.69 Å². The van der Waals surface area contributed by atoms with Crippen LogP contribution in [0.1, 0.15) is 71.5 Å². The number of aryl methyl sites for hydroxylation is 1. The first kappa shape index (κ1) is 23.6. The molecule has 2 aromatic rings. The standard InChI is InChI=1S/C29H35ClN2O2/c1-20-8-10-23(30)19-27(20)32-15-13-31(14-16-32)12-3-2-7-28(33)21-9-11-24-22(17-21)18-29(34)26-6-4-5-25(24)26/h8-11,17,19,25-26H,2-7,12-16,18H2,1H3. The number of fused-ring (bicyclic) bond motifs is 3. The largest absolute Gasteiger partial charge is 0.369 e. The maximum Gasteiger partial charge on any atom is 0.162 e. The van der Waals surface area contributed by atoms with Crippen molar-refractivity contribution in [3.05, 3.63) is 63.7 Å². The van der Waals surface area contributed by atoms with Crippen molar-refractivity contribution in [2.24, 2.45) is 5.92 Å². The predicted octanol–water partition coefficient (Wildman–Crippen LogP) is 5.83. The van der Waals surface area contributed by atoms with Crippen molar-refractivity contribution >= 4 is 28.9 Å². The molecule has 1 saturated carbocycles. The molecule has 1 heterocycles. The van der Waals surface area contributed by atoms with Crippen molar-refractivity contribution < 1.29 is 9.59 Å². The molecule has 180 valence electrons. The number of carbonyl (C=O) groups is 2. The summed E-state index contributed by atoms with van der Waals surface area (Å²) in [5, 5.41) is 0.793. The average molecular weight is 479 g/mol. The zero-order valence-corrected chi connectivity index (χ0v) is 20.9. The maximum atomic E-state index is 12.8. The van der Waals surface area contributed by atoms with Gasteiger partial charge in [0.2, 0.25) is 0 Å². The van der Waals surface area contributed by atoms with E-state index in [2.05, 4.69) is 34.9 Å². The first-order valence-corrected chi connectivity index (χ1v) is 13.3. The van der Waals surface area contributed by atoms with Gasteiger partial charge in [-0.25, -0.2) is 0 Å². The van der Waals surface area contributed by atoms with Crippen LogP contribution < -0.4 is 4.90 Å². The number of halogens is 1. The van der Waals surface area contributed by atoms with Gasteiger partial charge in [-0.3, -0.25) is 14.5 Å². The number of benzene rings is 2. The summed E-state index contributed by atoms with van der Waals surface area (Å²) in [6.07, 6.45) is 6.35. The molecule has 4 nitrogen and oxygen atoms in total. The Morgan fingerprint density at radius 2 is 1.79 bits per heavy atom. The van der Waals surface area contributed by atoms with Crippen LogP contribution in [0.3, 0.4) is 0 Å². The highest BCUT2D eigenvalue weighted by Gasteiger charge is 2.38. The van der Waals surface area contributed by atoms with Crippen LogP contribution in [0, 0.1) is 12.8 Å². The molecule has 0 radical (unpaired) electrons. The molecule has 2 fully saturated rings. The van der Waals surface area contributed by atoms with E-state index >= 15 is 0 Å². The number of unbranched alkanes of at least 4 members (excludes halogenated alkanes) is 1. The molecule has 0 spiro atoms. The Morgan fingerprint density at radius 3 is 2.62 bits per heavy atom. The minimum Gasteiger partial charge on any atom is -0.369 e. The van der Waals surface area contributed by atoms with E-state index in [1.807, 2.05) is 18.2 Å². The van der Waals surface area contributed by atoms with Crippen molar-refractivity contribution in [2.75, 3.05) is 37.6 Å². The summed E-state index contributed by atoms with van der Waals surface area (Å²) >= 11 is 6.20. The fraction of sp³-hybridized carbons (Fsp3) is 0.517. The van der Waals surface area contributed by atoms with Crippen LogP contribution in [-0.2, 0) is 11.2 Å². The Morgan fingerprint density at radius 1 is 1.00 bits per heavy atom. The van der Waals surface area contributed by atoms with Crippen LogP contribution in [-0.4, -0.2) is 49.2 Å². The van der Waals surface area contributed by atoms with Gasteiger partial charge < -0.3 is 4.90 Å². The van der Waals surface area contributed by atoms with Gasteiger partial charge in [-0.2, -0.15) is 0 Å². The van der Waals surface area contributed by atoms with Crippen LogP contribution in [0.25, 0.3) is 0 Å². The van der Waals surface area contributed by atoms with E-state index in [1.54, 1.807) is 0 Å². The summed E-state index contributed by atoms with van der Waals surface area (Å²) in [7, 11) is 0. The van der Waals surface area contributed by atoms with E-state index in [1.165, 1.54) is 16.8 Å². The highest BCUT2D eigenvalue weighted by atomic mass is 35.5. The zero-order chi connectivity index (χ0) is 23.7. The molecule has 2 aliphatic carbocycles. The monoisotopic (exact) mass is 478 g/mol. The number of anilines is 1. The number of piperazine rings is 1. The summed E-state index contributed by atoms with van der Waals surface area (Å²) in [4.78, 5) is 30.3. The molecular weight excluding hydrogens is 444 g/mol. The molecule has 5 rings (SSSR count). The van der Waals surface area contributed by atoms with Crippen molar-refractivity contribution in [1.82, 2.24) is 4.90 Å². The summed E-state index contributed by atoms with van der Waals surface area (Å²) in [5.74, 6) is 1.21. The van der Waals surface area contributed by atoms with Crippen molar-refractivity contribution in [3.63, 3.8) is 0 Å². The molecule has 0 amide bonds. The topological polar surface area (TPSA) is 40.6 Å². The molecule has 34 heavy (non-hydrogen) atoms. The quantitative estimate of drug-likeness (QED) is 0.370. The third kappa shape index (κ3) is 4.94. The molecule has 1 aliphatic heterocycles. The van der Waals surface area contributed by atoms with Crippen LogP contribution in [0.15, 0.2) is 36.4 Å². The fourth-order valence-corrected chi connectivity index (χ4v) is 6.40. The van der Waals surface area contributed by atoms with Crippen molar-refractivity contribution in [3.8, 4) is 0 Å². The summed E-state index contributed by atoms with van der Waals surface area (Å²) in [5.41, 5.74) is 5.73. The van der Waals surface area contributed by atoms with Crippen molar-refractivity contribution in [1.29, 1.82) is 0 Å². The zero-order valence-electron chi connectivity index (χ0n) is 20.2. The first-order valence-electron chi connectivity index (χ1n) is 12.9. The van der Waals surface area contributed by atoms with E-state index < -0.39 is 0 Å². The second-order valence-corrected chi connectivity index (χ2v) is 10.8. The molecule has 1 saturated heterocycles. The summed E-state index contributed by atoms with van der Waals surface area (Å²) in [6.45, 7) is 7.28. The number of hydrogen-bond acceptors (Lipinski definition) is 4. The van der Waals surface area contributed by atoms with E-state index in [4.69, 9.17) is 11.6 Å². The normalized spacial score (nSPS) is 22.5. The molecule has 0 bridgehead atoms. The van der Waals surface area contributed by atoms with Gasteiger partial charge in [0.25, 0.3) is 0 Å². The van der Waals surface area contributed by atoms with Gasteiger partial charge in [0.05, 0.1) is 0 Å². The minimum absolute atomic E-state index is 0.213.